The molecule has 0 saturated heterocycles. The highest BCUT2D eigenvalue weighted by molar-refractivity contribution is 4.75. The van der Waals surface area contributed by atoms with Gasteiger partial charge in [-0.1, -0.05) is 90.5 Å². The Labute approximate surface area is 161 Å². The summed E-state index contributed by atoms with van der Waals surface area (Å²) in [5.74, 6) is 0. The number of aromatic nitrogens is 4. The maximum absolute atomic E-state index is 3.83. The van der Waals surface area contributed by atoms with Crippen LogP contribution in [0.2, 0.25) is 0 Å². The Balaban J connectivity index is -0.0000000321. The van der Waals surface area contributed by atoms with Gasteiger partial charge in [0.1, 0.15) is 0 Å². The van der Waals surface area contributed by atoms with Gasteiger partial charge < -0.3 is 4.57 Å². The van der Waals surface area contributed by atoms with Crippen LogP contribution in [-0.4, -0.2) is 19.3 Å². The van der Waals surface area contributed by atoms with Gasteiger partial charge >= 0.3 is 0 Å². The molecule has 0 N–H and O–H groups in total. The average Bonchev–Trinajstić information content (AvgIpc) is 3.39. The van der Waals surface area contributed by atoms with Crippen molar-refractivity contribution >= 4 is 0 Å². The lowest BCUT2D eigenvalue weighted by atomic mass is 10.8. The van der Waals surface area contributed by atoms with Crippen molar-refractivity contribution in [2.45, 2.75) is 90.5 Å². The van der Waals surface area contributed by atoms with E-state index >= 15 is 0 Å². The van der Waals surface area contributed by atoms with E-state index < -0.39 is 0 Å². The highest BCUT2D eigenvalue weighted by atomic mass is 15.2. The molecule has 4 nitrogen and oxygen atoms in total. The molecule has 0 spiro atoms. The molecule has 0 unspecified atom stereocenters. The highest BCUT2D eigenvalue weighted by Crippen LogP contribution is 1.73. The third kappa shape index (κ3) is 60.6. The van der Waals surface area contributed by atoms with Crippen LogP contribution in [0, 0.1) is 0 Å². The van der Waals surface area contributed by atoms with Crippen LogP contribution < -0.4 is 0 Å². The quantitative estimate of drug-likeness (QED) is 0.484. The van der Waals surface area contributed by atoms with Gasteiger partial charge in [0.05, 0.1) is 6.33 Å². The Hall–Kier alpha value is -1.58. The minimum Gasteiger partial charge on any atom is -0.341 e. The molecule has 0 amide bonds. The summed E-state index contributed by atoms with van der Waals surface area (Å²) in [5.41, 5.74) is 0. The summed E-state index contributed by atoms with van der Waals surface area (Å²) in [6, 6.07) is 1.89. The van der Waals surface area contributed by atoms with Crippen molar-refractivity contribution in [3.63, 3.8) is 0 Å². The number of nitrogens with zero attached hydrogens (tertiary/aromatic N) is 4. The molecule has 25 heavy (non-hydrogen) atoms. The first-order valence-electron chi connectivity index (χ1n) is 9.64. The van der Waals surface area contributed by atoms with Crippen molar-refractivity contribution in [3.05, 3.63) is 37.2 Å². The van der Waals surface area contributed by atoms with Crippen LogP contribution in [0.15, 0.2) is 37.2 Å². The zero-order chi connectivity index (χ0) is 20.8. The molecule has 0 fully saturated rings. The predicted octanol–water partition coefficient (Wildman–Crippen LogP) is 7.63. The molecule has 0 radical (unpaired) electrons. The van der Waals surface area contributed by atoms with E-state index in [-0.39, 0.29) is 7.43 Å². The smallest absolute Gasteiger partial charge is 0.0943 e. The Kier molecular flexibility index (Phi) is 116. The molecule has 2 rings (SSSR count). The van der Waals surface area contributed by atoms with Gasteiger partial charge in [-0.15, -0.1) is 0 Å². The van der Waals surface area contributed by atoms with Crippen molar-refractivity contribution in [1.82, 2.24) is 19.3 Å². The molecule has 0 saturated carbocycles. The third-order valence-corrected chi connectivity index (χ3v) is 1.27. The van der Waals surface area contributed by atoms with Gasteiger partial charge in [0.25, 0.3) is 0 Å². The van der Waals surface area contributed by atoms with Crippen molar-refractivity contribution in [3.8, 4) is 0 Å². The van der Waals surface area contributed by atoms with Gasteiger partial charge in [-0.25, -0.2) is 4.98 Å². The van der Waals surface area contributed by atoms with E-state index in [9.17, 15) is 0 Å². The maximum atomic E-state index is 3.83. The van der Waals surface area contributed by atoms with Gasteiger partial charge in [-0.2, -0.15) is 5.10 Å². The molecule has 156 valence electrons. The van der Waals surface area contributed by atoms with Crippen molar-refractivity contribution < 1.29 is 0 Å². The van der Waals surface area contributed by atoms with Crippen LogP contribution >= 0.6 is 0 Å². The molecule has 4 heteroatoms. The lowest BCUT2D eigenvalue weighted by Gasteiger charge is -1.77. The molecular weight excluding hydrogens is 308 g/mol. The summed E-state index contributed by atoms with van der Waals surface area (Å²) < 4.78 is 3.64. The Morgan fingerprint density at radius 1 is 0.600 bits per heavy atom. The molecule has 0 aliphatic rings. The van der Waals surface area contributed by atoms with Crippen molar-refractivity contribution in [2.75, 3.05) is 0 Å². The second kappa shape index (κ2) is 66.7. The maximum Gasteiger partial charge on any atom is 0.0943 e. The standard InChI is InChI=1S/2C4H6N2.6C2H6.CH4/c1-6-3-2-5-4-6;1-6-4-2-3-5-6;6*1-2;/h2*2-4H,1H3;6*1-2H3;1H4. The zero-order valence-corrected chi connectivity index (χ0v) is 19.3. The topological polar surface area (TPSA) is 35.6 Å². The van der Waals surface area contributed by atoms with Gasteiger partial charge in [-0.05, 0) is 6.07 Å². The first-order chi connectivity index (χ1) is 11.8. The lowest BCUT2D eigenvalue weighted by molar-refractivity contribution is 0.768. The average molecular weight is 361 g/mol. The summed E-state index contributed by atoms with van der Waals surface area (Å²) >= 11 is 0. The second-order valence-electron chi connectivity index (χ2n) is 2.41. The number of hydrogen-bond donors (Lipinski definition) is 0. The minimum absolute atomic E-state index is 0. The van der Waals surface area contributed by atoms with Gasteiger partial charge in [0.15, 0.2) is 0 Å². The van der Waals surface area contributed by atoms with Gasteiger partial charge in [-0.3, -0.25) is 4.68 Å². The summed E-state index contributed by atoms with van der Waals surface area (Å²) in [7, 11) is 3.83. The van der Waals surface area contributed by atoms with Gasteiger partial charge in [0, 0.05) is 38.9 Å². The third-order valence-electron chi connectivity index (χ3n) is 1.27. The molecule has 0 aliphatic carbocycles. The Morgan fingerprint density at radius 3 is 1.08 bits per heavy atom. The van der Waals surface area contributed by atoms with Gasteiger partial charge in [0.2, 0.25) is 0 Å². The van der Waals surface area contributed by atoms with E-state index in [1.807, 2.05) is 120 Å². The fourth-order valence-electron chi connectivity index (χ4n) is 0.671. The van der Waals surface area contributed by atoms with E-state index in [4.69, 9.17) is 0 Å². The van der Waals surface area contributed by atoms with E-state index in [1.54, 1.807) is 23.4 Å². The first kappa shape index (κ1) is 43.7. The number of aryl methyl sites for hydroxylation is 2. The molecule has 0 bridgehead atoms. The van der Waals surface area contributed by atoms with Crippen LogP contribution in [0.1, 0.15) is 90.5 Å². The van der Waals surface area contributed by atoms with Crippen LogP contribution in [-0.2, 0) is 14.1 Å². The fourth-order valence-corrected chi connectivity index (χ4v) is 0.671. The minimum atomic E-state index is 0. The van der Waals surface area contributed by atoms with Crippen LogP contribution in [0.5, 0.6) is 0 Å². The molecule has 2 aromatic rings. The first-order valence-corrected chi connectivity index (χ1v) is 9.64. The van der Waals surface area contributed by atoms with Crippen LogP contribution in [0.3, 0.4) is 0 Å². The predicted molar refractivity (Wildman–Crippen MR) is 121 cm³/mol. The lowest BCUT2D eigenvalue weighted by Crippen LogP contribution is -1.83. The molecule has 2 heterocycles. The van der Waals surface area contributed by atoms with Crippen LogP contribution in [0.4, 0.5) is 0 Å². The molecule has 2 aromatic heterocycles. The van der Waals surface area contributed by atoms with E-state index in [1.165, 1.54) is 0 Å². The summed E-state index contributed by atoms with van der Waals surface area (Å²) in [6.07, 6.45) is 9.03. The second-order valence-corrected chi connectivity index (χ2v) is 2.41. The Morgan fingerprint density at radius 2 is 1.00 bits per heavy atom. The SMILES string of the molecule is C.CC.CC.CC.CC.CC.CC.Cn1cccn1.Cn1ccnc1. The van der Waals surface area contributed by atoms with Crippen molar-refractivity contribution in [1.29, 1.82) is 0 Å². The molecule has 0 aliphatic heterocycles. The molecule has 0 atom stereocenters. The fraction of sp³-hybridized carbons (Fsp3) is 0.714. The molecule has 0 aromatic carbocycles. The number of hydrogen-bond acceptors (Lipinski definition) is 2. The van der Waals surface area contributed by atoms with E-state index in [0.717, 1.165) is 0 Å². The largest absolute Gasteiger partial charge is 0.341 e. The number of imidazole rings is 1. The normalized spacial score (nSPS) is 5.68. The van der Waals surface area contributed by atoms with E-state index in [2.05, 4.69) is 10.1 Å². The van der Waals surface area contributed by atoms with Crippen molar-refractivity contribution in [2.24, 2.45) is 14.1 Å². The summed E-state index contributed by atoms with van der Waals surface area (Å²) in [5, 5.41) is 3.83. The van der Waals surface area contributed by atoms with E-state index in [0.29, 0.717) is 0 Å². The Bertz CT molecular complexity index is 255. The molecular formula is C21H52N4. The monoisotopic (exact) mass is 360 g/mol. The van der Waals surface area contributed by atoms with Crippen LogP contribution in [0.25, 0.3) is 0 Å². The zero-order valence-electron chi connectivity index (χ0n) is 19.3. The highest BCUT2D eigenvalue weighted by Gasteiger charge is 1.69. The number of rotatable bonds is 0. The summed E-state index contributed by atoms with van der Waals surface area (Å²) in [6.45, 7) is 24.0. The summed E-state index contributed by atoms with van der Waals surface area (Å²) in [4.78, 5) is 3.78.